The van der Waals surface area contributed by atoms with Gasteiger partial charge in [-0.15, -0.1) is 0 Å². The largest absolute Gasteiger partial charge is 0.352 e. The first-order valence-corrected chi connectivity index (χ1v) is 14.2. The third-order valence-electron chi connectivity index (χ3n) is 6.39. The topological polar surface area (TPSA) is 86.8 Å². The van der Waals surface area contributed by atoms with Gasteiger partial charge in [-0.3, -0.25) is 13.9 Å². The van der Waals surface area contributed by atoms with Crippen molar-refractivity contribution in [1.82, 2.24) is 10.2 Å². The first-order chi connectivity index (χ1) is 16.6. The summed E-state index contributed by atoms with van der Waals surface area (Å²) >= 11 is 6.26. The summed E-state index contributed by atoms with van der Waals surface area (Å²) in [5, 5.41) is 3.31. The van der Waals surface area contributed by atoms with Gasteiger partial charge in [0.15, 0.2) is 0 Å². The zero-order valence-corrected chi connectivity index (χ0v) is 22.1. The minimum absolute atomic E-state index is 0.102. The molecule has 1 N–H and O–H groups in total. The molecule has 190 valence electrons. The molecule has 0 bridgehead atoms. The van der Waals surface area contributed by atoms with Crippen molar-refractivity contribution in [2.75, 3.05) is 17.1 Å². The van der Waals surface area contributed by atoms with Crippen LogP contribution in [0.4, 0.5) is 5.69 Å². The highest BCUT2D eigenvalue weighted by Crippen LogP contribution is 2.27. The van der Waals surface area contributed by atoms with Crippen molar-refractivity contribution >= 4 is 39.1 Å². The van der Waals surface area contributed by atoms with E-state index in [0.29, 0.717) is 0 Å². The van der Waals surface area contributed by atoms with Crippen LogP contribution < -0.4 is 9.62 Å². The molecule has 1 saturated carbocycles. The number of anilines is 1. The summed E-state index contributed by atoms with van der Waals surface area (Å²) in [7, 11) is -3.82. The zero-order valence-electron chi connectivity index (χ0n) is 20.5. The molecule has 3 rings (SSSR count). The maximum absolute atomic E-state index is 13.6. The predicted molar refractivity (Wildman–Crippen MR) is 140 cm³/mol. The third kappa shape index (κ3) is 7.45. The van der Waals surface area contributed by atoms with Crippen LogP contribution in [0.3, 0.4) is 0 Å². The van der Waals surface area contributed by atoms with Crippen LogP contribution >= 0.6 is 11.6 Å². The smallest absolute Gasteiger partial charge is 0.244 e. The molecule has 2 aromatic carbocycles. The molecule has 0 heterocycles. The first-order valence-electron chi connectivity index (χ1n) is 11.9. The number of sulfonamides is 1. The number of hydrogen-bond donors (Lipinski definition) is 1. The molecule has 2 amide bonds. The maximum Gasteiger partial charge on any atom is 0.244 e. The van der Waals surface area contributed by atoms with Crippen LogP contribution in [0, 0.1) is 6.92 Å². The quantitative estimate of drug-likeness (QED) is 0.535. The van der Waals surface area contributed by atoms with Gasteiger partial charge in [-0.1, -0.05) is 72.8 Å². The van der Waals surface area contributed by atoms with E-state index < -0.39 is 28.5 Å². The Morgan fingerprint density at radius 3 is 2.29 bits per heavy atom. The molecule has 1 aliphatic carbocycles. The number of para-hydroxylation sites is 1. The van der Waals surface area contributed by atoms with Crippen molar-refractivity contribution in [3.05, 3.63) is 64.7 Å². The molecule has 2 aromatic rings. The van der Waals surface area contributed by atoms with Crippen molar-refractivity contribution < 1.29 is 18.0 Å². The van der Waals surface area contributed by atoms with Gasteiger partial charge in [-0.05, 0) is 44.4 Å². The molecule has 0 aromatic heterocycles. The van der Waals surface area contributed by atoms with E-state index in [1.165, 1.54) is 11.3 Å². The monoisotopic (exact) mass is 519 g/mol. The summed E-state index contributed by atoms with van der Waals surface area (Å²) in [5.74, 6) is -0.719. The SMILES string of the molecule is Cc1ccc(CN(C(=O)CN(c2ccccc2Cl)S(C)(=O)=O)C(C)C(=O)NC2CCCCC2)cc1. The highest BCUT2D eigenvalue weighted by Gasteiger charge is 2.31. The standard InChI is InChI=1S/C26H34ClN3O4S/c1-19-13-15-21(16-14-19)17-29(20(2)26(32)28-22-9-5-4-6-10-22)25(31)18-30(35(3,33)34)24-12-8-7-11-23(24)27/h7-8,11-16,20,22H,4-6,9-10,17-18H2,1-3H3,(H,28,32). The molecular formula is C26H34ClN3O4S. The number of carbonyl (C=O) groups is 2. The molecule has 0 radical (unpaired) electrons. The fraction of sp³-hybridized carbons (Fsp3) is 0.462. The number of amides is 2. The van der Waals surface area contributed by atoms with Gasteiger partial charge >= 0.3 is 0 Å². The summed E-state index contributed by atoms with van der Waals surface area (Å²) in [4.78, 5) is 28.2. The minimum Gasteiger partial charge on any atom is -0.352 e. The molecule has 1 unspecified atom stereocenters. The van der Waals surface area contributed by atoms with Crippen LogP contribution in [-0.4, -0.2) is 50.0 Å². The molecule has 0 saturated heterocycles. The molecule has 35 heavy (non-hydrogen) atoms. The van der Waals surface area contributed by atoms with Gasteiger partial charge in [0.25, 0.3) is 0 Å². The predicted octanol–water partition coefficient (Wildman–Crippen LogP) is 4.28. The van der Waals surface area contributed by atoms with E-state index in [2.05, 4.69) is 5.32 Å². The molecule has 0 aliphatic heterocycles. The van der Waals surface area contributed by atoms with Crippen molar-refractivity contribution in [3.63, 3.8) is 0 Å². The van der Waals surface area contributed by atoms with Crippen molar-refractivity contribution in [2.24, 2.45) is 0 Å². The lowest BCUT2D eigenvalue weighted by Gasteiger charge is -2.33. The van der Waals surface area contributed by atoms with Crippen LogP contribution in [-0.2, 0) is 26.2 Å². The normalized spacial score (nSPS) is 15.3. The number of halogens is 1. The molecule has 1 atom stereocenters. The van der Waals surface area contributed by atoms with Crippen molar-refractivity contribution in [2.45, 2.75) is 64.6 Å². The Morgan fingerprint density at radius 2 is 1.69 bits per heavy atom. The minimum atomic E-state index is -3.82. The van der Waals surface area contributed by atoms with Crippen LogP contribution in [0.25, 0.3) is 0 Å². The van der Waals surface area contributed by atoms with E-state index in [4.69, 9.17) is 11.6 Å². The zero-order chi connectivity index (χ0) is 25.6. The van der Waals surface area contributed by atoms with Crippen LogP contribution in [0.2, 0.25) is 5.02 Å². The molecule has 1 aliphatic rings. The second-order valence-electron chi connectivity index (χ2n) is 9.25. The Kier molecular flexibility index (Phi) is 9.19. The maximum atomic E-state index is 13.6. The summed E-state index contributed by atoms with van der Waals surface area (Å²) in [6.45, 7) is 3.37. The number of nitrogens with zero attached hydrogens (tertiary/aromatic N) is 2. The summed E-state index contributed by atoms with van der Waals surface area (Å²) < 4.78 is 26.2. The molecule has 0 spiro atoms. The van der Waals surface area contributed by atoms with Gasteiger partial charge < -0.3 is 10.2 Å². The summed E-state index contributed by atoms with van der Waals surface area (Å²) in [6, 6.07) is 13.5. The van der Waals surface area contributed by atoms with E-state index in [1.54, 1.807) is 31.2 Å². The Bertz CT molecular complexity index is 1130. The third-order valence-corrected chi connectivity index (χ3v) is 7.84. The number of rotatable bonds is 9. The number of aryl methyl sites for hydroxylation is 1. The summed E-state index contributed by atoms with van der Waals surface area (Å²) in [6.07, 6.45) is 6.22. The number of hydrogen-bond acceptors (Lipinski definition) is 4. The highest BCUT2D eigenvalue weighted by molar-refractivity contribution is 7.92. The van der Waals surface area contributed by atoms with Gasteiger partial charge in [0.2, 0.25) is 21.8 Å². The number of carbonyl (C=O) groups excluding carboxylic acids is 2. The van der Waals surface area contributed by atoms with Gasteiger partial charge in [0.05, 0.1) is 17.0 Å². The highest BCUT2D eigenvalue weighted by atomic mass is 35.5. The first kappa shape index (κ1) is 27.0. The van der Waals surface area contributed by atoms with Gasteiger partial charge in [-0.25, -0.2) is 8.42 Å². The Morgan fingerprint density at radius 1 is 1.06 bits per heavy atom. The fourth-order valence-electron chi connectivity index (χ4n) is 4.29. The van der Waals surface area contributed by atoms with Gasteiger partial charge in [-0.2, -0.15) is 0 Å². The molecule has 7 nitrogen and oxygen atoms in total. The van der Waals surface area contributed by atoms with E-state index in [9.17, 15) is 18.0 Å². The number of nitrogens with one attached hydrogen (secondary N) is 1. The summed E-state index contributed by atoms with van der Waals surface area (Å²) in [5.41, 5.74) is 2.15. The van der Waals surface area contributed by atoms with Crippen LogP contribution in [0.5, 0.6) is 0 Å². The van der Waals surface area contributed by atoms with E-state index in [0.717, 1.165) is 47.4 Å². The van der Waals surface area contributed by atoms with Gasteiger partial charge in [0.1, 0.15) is 12.6 Å². The van der Waals surface area contributed by atoms with E-state index >= 15 is 0 Å². The average Bonchev–Trinajstić information content (AvgIpc) is 2.82. The lowest BCUT2D eigenvalue weighted by Crippen LogP contribution is -2.53. The van der Waals surface area contributed by atoms with E-state index in [1.807, 2.05) is 31.2 Å². The molecular weight excluding hydrogens is 486 g/mol. The second kappa shape index (κ2) is 11.9. The Labute approximate surface area is 213 Å². The Hall–Kier alpha value is -2.58. The van der Waals surface area contributed by atoms with Crippen LogP contribution in [0.15, 0.2) is 48.5 Å². The average molecular weight is 520 g/mol. The molecule has 1 fully saturated rings. The Balaban J connectivity index is 1.87. The van der Waals surface area contributed by atoms with Gasteiger partial charge in [0, 0.05) is 12.6 Å². The lowest BCUT2D eigenvalue weighted by atomic mass is 9.95. The molecule has 9 heteroatoms. The second-order valence-corrected chi connectivity index (χ2v) is 11.6. The number of benzene rings is 2. The lowest BCUT2D eigenvalue weighted by molar-refractivity contribution is -0.139. The van der Waals surface area contributed by atoms with Crippen LogP contribution in [0.1, 0.15) is 50.2 Å². The van der Waals surface area contributed by atoms with Crippen molar-refractivity contribution in [1.29, 1.82) is 0 Å². The van der Waals surface area contributed by atoms with E-state index in [-0.39, 0.29) is 29.2 Å². The van der Waals surface area contributed by atoms with Crippen molar-refractivity contribution in [3.8, 4) is 0 Å². The fourth-order valence-corrected chi connectivity index (χ4v) is 5.44.